The molecule has 0 saturated heterocycles. The average molecular weight is 444 g/mol. The number of pyridine rings is 1. The van der Waals surface area contributed by atoms with E-state index in [4.69, 9.17) is 4.74 Å². The third-order valence-electron chi connectivity index (χ3n) is 6.42. The SMILES string of the molecule is Cc1cc2[nH]c(C3C[C@@H]3c3cc(Oc4ccnc5c4CCC(=O)N5)ccc3O)nc2cc1F. The van der Waals surface area contributed by atoms with E-state index in [0.29, 0.717) is 41.2 Å². The zero-order valence-corrected chi connectivity index (χ0v) is 17.9. The molecule has 1 amide bonds. The van der Waals surface area contributed by atoms with Crippen molar-refractivity contribution in [2.75, 3.05) is 5.32 Å². The number of phenolic OH excluding ortho intramolecular Hbond substituents is 1. The van der Waals surface area contributed by atoms with Crippen LogP contribution in [0.4, 0.5) is 10.2 Å². The summed E-state index contributed by atoms with van der Waals surface area (Å²) in [5, 5.41) is 13.3. The first kappa shape index (κ1) is 19.7. The summed E-state index contributed by atoms with van der Waals surface area (Å²) in [4.78, 5) is 23.8. The summed E-state index contributed by atoms with van der Waals surface area (Å²) in [5.74, 6) is 2.65. The minimum atomic E-state index is -0.270. The van der Waals surface area contributed by atoms with E-state index in [1.54, 1.807) is 37.4 Å². The van der Waals surface area contributed by atoms with Gasteiger partial charge in [0.05, 0.1) is 11.0 Å². The predicted octanol–water partition coefficient (Wildman–Crippen LogP) is 5.06. The molecule has 2 aliphatic rings. The maximum absolute atomic E-state index is 13.9. The summed E-state index contributed by atoms with van der Waals surface area (Å²) < 4.78 is 20.0. The zero-order valence-electron chi connectivity index (χ0n) is 17.9. The highest BCUT2D eigenvalue weighted by molar-refractivity contribution is 5.93. The molecular weight excluding hydrogens is 423 g/mol. The van der Waals surface area contributed by atoms with Crippen molar-refractivity contribution < 1.29 is 19.0 Å². The highest BCUT2D eigenvalue weighted by Crippen LogP contribution is 2.56. The molecule has 2 aromatic carbocycles. The Bertz CT molecular complexity index is 1390. The molecule has 1 aliphatic heterocycles. The van der Waals surface area contributed by atoms with Crippen LogP contribution in [0.25, 0.3) is 11.0 Å². The largest absolute Gasteiger partial charge is 0.508 e. The van der Waals surface area contributed by atoms with Gasteiger partial charge >= 0.3 is 0 Å². The second-order valence-electron chi connectivity index (χ2n) is 8.70. The maximum atomic E-state index is 13.9. The van der Waals surface area contributed by atoms with E-state index in [0.717, 1.165) is 28.9 Å². The van der Waals surface area contributed by atoms with Crippen LogP contribution in [0.5, 0.6) is 17.2 Å². The molecule has 0 bridgehead atoms. The molecule has 0 radical (unpaired) electrons. The number of ether oxygens (including phenoxy) is 1. The maximum Gasteiger partial charge on any atom is 0.225 e. The molecule has 1 aliphatic carbocycles. The number of aromatic nitrogens is 3. The lowest BCUT2D eigenvalue weighted by Crippen LogP contribution is -2.20. The first-order valence-electron chi connectivity index (χ1n) is 10.9. The first-order chi connectivity index (χ1) is 16.0. The topological polar surface area (TPSA) is 100 Å². The monoisotopic (exact) mass is 444 g/mol. The molecule has 3 N–H and O–H groups in total. The van der Waals surface area contributed by atoms with E-state index in [2.05, 4.69) is 20.3 Å². The summed E-state index contributed by atoms with van der Waals surface area (Å²) in [5.41, 5.74) is 3.64. The third-order valence-corrected chi connectivity index (χ3v) is 6.42. The number of nitrogens with one attached hydrogen (secondary N) is 2. The molecule has 1 saturated carbocycles. The van der Waals surface area contributed by atoms with Crippen LogP contribution in [-0.2, 0) is 11.2 Å². The van der Waals surface area contributed by atoms with Crippen molar-refractivity contribution in [3.63, 3.8) is 0 Å². The molecular formula is C25H21FN4O3. The Morgan fingerprint density at radius 3 is 2.91 bits per heavy atom. The Kier molecular flexibility index (Phi) is 4.36. The molecule has 33 heavy (non-hydrogen) atoms. The molecule has 2 aromatic heterocycles. The van der Waals surface area contributed by atoms with Gasteiger partial charge in [-0.05, 0) is 61.6 Å². The van der Waals surface area contributed by atoms with Gasteiger partial charge in [-0.15, -0.1) is 0 Å². The van der Waals surface area contributed by atoms with Crippen molar-refractivity contribution in [1.82, 2.24) is 15.0 Å². The van der Waals surface area contributed by atoms with Crippen LogP contribution in [0.3, 0.4) is 0 Å². The van der Waals surface area contributed by atoms with E-state index in [1.165, 1.54) is 6.07 Å². The zero-order chi connectivity index (χ0) is 22.7. The second kappa shape index (κ2) is 7.30. The number of benzene rings is 2. The van der Waals surface area contributed by atoms with Crippen molar-refractivity contribution in [3.8, 4) is 17.2 Å². The van der Waals surface area contributed by atoms with Crippen molar-refractivity contribution in [2.24, 2.45) is 0 Å². The number of anilines is 1. The number of rotatable bonds is 4. The van der Waals surface area contributed by atoms with Crippen LogP contribution < -0.4 is 10.1 Å². The van der Waals surface area contributed by atoms with Gasteiger partial charge < -0.3 is 20.1 Å². The first-order valence-corrected chi connectivity index (χ1v) is 10.9. The summed E-state index contributed by atoms with van der Waals surface area (Å²) in [6.45, 7) is 1.73. The van der Waals surface area contributed by atoms with Crippen LogP contribution in [0.2, 0.25) is 0 Å². The molecule has 0 spiro atoms. The van der Waals surface area contributed by atoms with Gasteiger partial charge in [0.2, 0.25) is 5.91 Å². The van der Waals surface area contributed by atoms with Crippen molar-refractivity contribution in [2.45, 2.75) is 38.0 Å². The number of hydrogen-bond donors (Lipinski definition) is 3. The minimum Gasteiger partial charge on any atom is -0.508 e. The lowest BCUT2D eigenvalue weighted by Gasteiger charge is -2.19. The van der Waals surface area contributed by atoms with Gasteiger partial charge in [0.15, 0.2) is 0 Å². The van der Waals surface area contributed by atoms with Gasteiger partial charge in [0, 0.05) is 35.7 Å². The highest BCUT2D eigenvalue weighted by atomic mass is 19.1. The fourth-order valence-corrected chi connectivity index (χ4v) is 4.55. The Balaban J connectivity index is 1.26. The minimum absolute atomic E-state index is 0.0534. The Morgan fingerprint density at radius 2 is 2.03 bits per heavy atom. The molecule has 6 rings (SSSR count). The number of nitrogens with zero attached hydrogens (tertiary/aromatic N) is 2. The lowest BCUT2D eigenvalue weighted by atomic mass is 10.1. The fourth-order valence-electron chi connectivity index (χ4n) is 4.55. The quantitative estimate of drug-likeness (QED) is 0.409. The number of fused-ring (bicyclic) bond motifs is 2. The van der Waals surface area contributed by atoms with Gasteiger partial charge in [-0.25, -0.2) is 14.4 Å². The lowest BCUT2D eigenvalue weighted by molar-refractivity contribution is -0.116. The van der Waals surface area contributed by atoms with Crippen LogP contribution >= 0.6 is 0 Å². The molecule has 4 aromatic rings. The van der Waals surface area contributed by atoms with Crippen molar-refractivity contribution in [3.05, 3.63) is 70.9 Å². The predicted molar refractivity (Wildman–Crippen MR) is 120 cm³/mol. The van der Waals surface area contributed by atoms with E-state index in [1.807, 2.05) is 6.07 Å². The Hall–Kier alpha value is -3.94. The number of H-pyrrole nitrogens is 1. The highest BCUT2D eigenvalue weighted by Gasteiger charge is 2.43. The van der Waals surface area contributed by atoms with E-state index in [-0.39, 0.29) is 29.3 Å². The smallest absolute Gasteiger partial charge is 0.225 e. The van der Waals surface area contributed by atoms with Gasteiger partial charge in [-0.2, -0.15) is 0 Å². The molecule has 8 heteroatoms. The second-order valence-corrected chi connectivity index (χ2v) is 8.70. The van der Waals surface area contributed by atoms with Crippen molar-refractivity contribution >= 4 is 22.8 Å². The molecule has 3 heterocycles. The molecule has 2 atom stereocenters. The number of carbonyl (C=O) groups is 1. The van der Waals surface area contributed by atoms with Gasteiger partial charge in [-0.1, -0.05) is 0 Å². The van der Waals surface area contributed by atoms with Crippen LogP contribution in [0.1, 0.15) is 47.2 Å². The van der Waals surface area contributed by atoms with Gasteiger partial charge in [0.1, 0.15) is 34.7 Å². The number of aromatic amines is 1. The molecule has 1 unspecified atom stereocenters. The Morgan fingerprint density at radius 1 is 1.15 bits per heavy atom. The molecule has 7 nitrogen and oxygen atoms in total. The van der Waals surface area contributed by atoms with E-state index >= 15 is 0 Å². The normalized spacial score (nSPS) is 19.3. The number of carbonyl (C=O) groups excluding carboxylic acids is 1. The summed E-state index contributed by atoms with van der Waals surface area (Å²) in [7, 11) is 0. The summed E-state index contributed by atoms with van der Waals surface area (Å²) >= 11 is 0. The number of phenols is 1. The number of aryl methyl sites for hydroxylation is 1. The summed E-state index contributed by atoms with van der Waals surface area (Å²) in [6, 6.07) is 10.2. The van der Waals surface area contributed by atoms with Crippen molar-refractivity contribution in [1.29, 1.82) is 0 Å². The molecule has 1 fully saturated rings. The number of halogens is 1. The number of amides is 1. The van der Waals surface area contributed by atoms with E-state index in [9.17, 15) is 14.3 Å². The number of hydrogen-bond acceptors (Lipinski definition) is 5. The van der Waals surface area contributed by atoms with Crippen LogP contribution in [-0.4, -0.2) is 26.0 Å². The van der Waals surface area contributed by atoms with Crippen LogP contribution in [0, 0.1) is 12.7 Å². The number of aromatic hydroxyl groups is 1. The third kappa shape index (κ3) is 3.47. The standard InChI is InChI=1S/C25H21FN4O3/c1-12-8-19-20(11-18(12)26)29-25(28-19)17-10-15(17)16-9-13(2-4-21(16)31)33-22-6-7-27-24-14(22)3-5-23(32)30-24/h2,4,6-9,11,15,17,31H,3,5,10H2,1H3,(H,28,29)(H,27,30,32)/t15-,17?/m1/s1. The molecule has 166 valence electrons. The summed E-state index contributed by atoms with van der Waals surface area (Å²) in [6.07, 6.45) is 3.38. The van der Waals surface area contributed by atoms with Gasteiger partial charge in [-0.3, -0.25) is 4.79 Å². The van der Waals surface area contributed by atoms with Crippen LogP contribution in [0.15, 0.2) is 42.6 Å². The average Bonchev–Trinajstić information content (AvgIpc) is 3.49. The number of imidazole rings is 1. The van der Waals surface area contributed by atoms with Gasteiger partial charge in [0.25, 0.3) is 0 Å². The Labute approximate surface area is 188 Å². The van der Waals surface area contributed by atoms with E-state index < -0.39 is 0 Å². The fraction of sp³-hybridized carbons (Fsp3) is 0.240.